The van der Waals surface area contributed by atoms with Crippen molar-refractivity contribution in [2.24, 2.45) is 5.92 Å². The van der Waals surface area contributed by atoms with Gasteiger partial charge in [0.05, 0.1) is 56.3 Å². The molecule has 1 fully saturated rings. The zero-order valence-corrected chi connectivity index (χ0v) is 37.8. The number of carbonyl (C=O) groups is 5. The molecule has 2 aromatic heterocycles. The lowest BCUT2D eigenvalue weighted by atomic mass is 9.85. The Morgan fingerprint density at radius 3 is 2.20 bits per heavy atom. The molecule has 2 heterocycles. The van der Waals surface area contributed by atoms with E-state index in [-0.39, 0.29) is 54.5 Å². The summed E-state index contributed by atoms with van der Waals surface area (Å²) >= 11 is 1.55. The highest BCUT2D eigenvalue weighted by Crippen LogP contribution is 2.28. The number of ether oxygens (including phenoxy) is 4. The van der Waals surface area contributed by atoms with E-state index in [1.165, 1.54) is 0 Å². The molecule has 0 radical (unpaired) electrons. The van der Waals surface area contributed by atoms with E-state index in [9.17, 15) is 24.0 Å². The molecule has 1 aromatic carbocycles. The molecule has 4 rings (SSSR count). The Balaban J connectivity index is 0.989. The standard InChI is InChI=1S/C46H69N5O9S/c1-6-50(37-14-12-13-34(2)31-37)42(53)33-51-38-21-30-61-40(38)32-39(51)45(56)49-36-18-16-35(17-19-36)44(55)48-22-11-9-7-8-10-15-41(52)47-23-25-58-27-29-59-28-26-57-24-20-43(54)60-46(3,4)5/h12-14,21,30-32,35-36H,6-11,15-20,22-29,33H2,1-5H3,(H,47,52)(H,48,55)(H,49,56)/t35-,36-. The van der Waals surface area contributed by atoms with E-state index in [0.29, 0.717) is 84.2 Å². The summed E-state index contributed by atoms with van der Waals surface area (Å²) in [7, 11) is 0. The topological polar surface area (TPSA) is 167 Å². The monoisotopic (exact) mass is 867 g/mol. The second-order valence-corrected chi connectivity index (χ2v) is 17.6. The van der Waals surface area contributed by atoms with Gasteiger partial charge in [0.2, 0.25) is 17.7 Å². The molecule has 14 nitrogen and oxygen atoms in total. The number of thiophene rings is 1. The Bertz CT molecular complexity index is 1830. The normalized spacial score (nSPS) is 15.4. The maximum Gasteiger partial charge on any atom is 0.308 e. The maximum atomic E-state index is 13.6. The minimum Gasteiger partial charge on any atom is -0.460 e. The molecule has 3 N–H and O–H groups in total. The minimum absolute atomic E-state index is 0.0175. The average Bonchev–Trinajstić information content (AvgIpc) is 3.82. The van der Waals surface area contributed by atoms with Crippen molar-refractivity contribution in [3.8, 4) is 0 Å². The average molecular weight is 868 g/mol. The first-order valence-corrected chi connectivity index (χ1v) is 23.0. The number of hydrogen-bond donors (Lipinski definition) is 3. The highest BCUT2D eigenvalue weighted by molar-refractivity contribution is 7.17. The Hall–Kier alpha value is -4.31. The summed E-state index contributed by atoms with van der Waals surface area (Å²) in [5, 5.41) is 11.2. The summed E-state index contributed by atoms with van der Waals surface area (Å²) in [4.78, 5) is 65.7. The van der Waals surface area contributed by atoms with Crippen LogP contribution in [0.3, 0.4) is 0 Å². The van der Waals surface area contributed by atoms with Gasteiger partial charge in [-0.25, -0.2) is 0 Å². The van der Waals surface area contributed by atoms with Gasteiger partial charge in [0.15, 0.2) is 0 Å². The second kappa shape index (κ2) is 26.2. The van der Waals surface area contributed by atoms with Crippen LogP contribution in [0.25, 0.3) is 10.2 Å². The van der Waals surface area contributed by atoms with Crippen LogP contribution in [0.5, 0.6) is 0 Å². The zero-order chi connectivity index (χ0) is 44.0. The first kappa shape index (κ1) is 49.3. The summed E-state index contributed by atoms with van der Waals surface area (Å²) in [5.41, 5.74) is 2.78. The number of likely N-dealkylation sites (N-methyl/N-ethyl adjacent to an activating group) is 1. The molecule has 0 spiro atoms. The van der Waals surface area contributed by atoms with E-state index in [0.717, 1.165) is 66.4 Å². The summed E-state index contributed by atoms with van der Waals surface area (Å²) in [6, 6.07) is 11.7. The van der Waals surface area contributed by atoms with Crippen molar-refractivity contribution in [3.63, 3.8) is 0 Å². The molecule has 4 amide bonds. The van der Waals surface area contributed by atoms with Crippen LogP contribution in [0.1, 0.15) is 114 Å². The van der Waals surface area contributed by atoms with E-state index in [2.05, 4.69) is 16.0 Å². The first-order chi connectivity index (χ1) is 29.3. The van der Waals surface area contributed by atoms with Gasteiger partial charge in [0.25, 0.3) is 5.91 Å². The fraction of sp³-hybridized carbons (Fsp3) is 0.630. The van der Waals surface area contributed by atoms with Gasteiger partial charge < -0.3 is 44.4 Å². The van der Waals surface area contributed by atoms with Crippen LogP contribution >= 0.6 is 11.3 Å². The van der Waals surface area contributed by atoms with E-state index in [4.69, 9.17) is 18.9 Å². The largest absolute Gasteiger partial charge is 0.460 e. The molecule has 15 heteroatoms. The molecular weight excluding hydrogens is 799 g/mol. The molecule has 0 saturated heterocycles. The van der Waals surface area contributed by atoms with Crippen LogP contribution in [0.2, 0.25) is 0 Å². The number of benzene rings is 1. The lowest BCUT2D eigenvalue weighted by molar-refractivity contribution is -0.156. The number of fused-ring (bicyclic) bond motifs is 1. The molecular formula is C46H69N5O9S. The number of hydrogen-bond acceptors (Lipinski definition) is 10. The third kappa shape index (κ3) is 17.9. The van der Waals surface area contributed by atoms with Crippen molar-refractivity contribution < 1.29 is 42.9 Å². The van der Waals surface area contributed by atoms with Crippen LogP contribution in [-0.2, 0) is 44.7 Å². The van der Waals surface area contributed by atoms with Crippen molar-refractivity contribution in [3.05, 3.63) is 53.0 Å². The minimum atomic E-state index is -0.494. The van der Waals surface area contributed by atoms with E-state index in [1.807, 2.05) is 81.0 Å². The first-order valence-electron chi connectivity index (χ1n) is 22.1. The number of esters is 1. The number of unbranched alkanes of at least 4 members (excludes halogenated alkanes) is 4. The van der Waals surface area contributed by atoms with Crippen LogP contribution < -0.4 is 20.9 Å². The molecule has 0 bridgehead atoms. The molecule has 0 atom stereocenters. The molecule has 0 aliphatic heterocycles. The molecule has 3 aromatic rings. The predicted octanol–water partition coefficient (Wildman–Crippen LogP) is 6.71. The lowest BCUT2D eigenvalue weighted by Crippen LogP contribution is -2.42. The number of aromatic nitrogens is 1. The van der Waals surface area contributed by atoms with Gasteiger partial charge in [-0.2, -0.15) is 0 Å². The van der Waals surface area contributed by atoms with Gasteiger partial charge in [-0.1, -0.05) is 31.4 Å². The SMILES string of the molecule is CCN(C(=O)Cn1c(C(=O)N[C@H]2CC[C@H](C(=O)NCCCCCCCC(=O)NCCOCCOCCOCCC(=O)OC(C)(C)C)CC2)cc2sccc21)c1cccc(C)c1. The van der Waals surface area contributed by atoms with E-state index in [1.54, 1.807) is 16.2 Å². The summed E-state index contributed by atoms with van der Waals surface area (Å²) in [5.74, 6) is -0.515. The Labute approximate surface area is 365 Å². The maximum absolute atomic E-state index is 13.6. The summed E-state index contributed by atoms with van der Waals surface area (Å²) in [6.45, 7) is 13.5. The van der Waals surface area contributed by atoms with Gasteiger partial charge in [-0.15, -0.1) is 11.3 Å². The molecule has 0 unspecified atom stereocenters. The predicted molar refractivity (Wildman–Crippen MR) is 239 cm³/mol. The number of amides is 4. The fourth-order valence-electron chi connectivity index (χ4n) is 7.35. The van der Waals surface area contributed by atoms with Crippen LogP contribution in [0.15, 0.2) is 41.8 Å². The van der Waals surface area contributed by atoms with Crippen molar-refractivity contribution in [2.45, 2.75) is 123 Å². The Morgan fingerprint density at radius 2 is 1.49 bits per heavy atom. The van der Waals surface area contributed by atoms with Crippen LogP contribution in [0, 0.1) is 12.8 Å². The number of carbonyl (C=O) groups excluding carboxylic acids is 5. The highest BCUT2D eigenvalue weighted by Gasteiger charge is 2.29. The highest BCUT2D eigenvalue weighted by atomic mass is 32.1. The summed E-state index contributed by atoms with van der Waals surface area (Å²) < 4.78 is 24.4. The van der Waals surface area contributed by atoms with Gasteiger partial charge in [0, 0.05) is 43.7 Å². The molecule has 1 aliphatic rings. The molecule has 1 saturated carbocycles. The molecule has 1 aliphatic carbocycles. The number of nitrogens with one attached hydrogen (secondary N) is 3. The van der Waals surface area contributed by atoms with Crippen molar-refractivity contribution in [1.29, 1.82) is 0 Å². The third-order valence-corrected chi connectivity index (χ3v) is 11.3. The number of anilines is 1. The van der Waals surface area contributed by atoms with Gasteiger partial charge in [-0.05, 0) is 108 Å². The van der Waals surface area contributed by atoms with Crippen LogP contribution in [-0.4, -0.2) is 105 Å². The Kier molecular flexibility index (Phi) is 21.2. The van der Waals surface area contributed by atoms with E-state index < -0.39 is 5.60 Å². The van der Waals surface area contributed by atoms with Crippen LogP contribution in [0.4, 0.5) is 5.69 Å². The molecule has 338 valence electrons. The van der Waals surface area contributed by atoms with E-state index >= 15 is 0 Å². The van der Waals surface area contributed by atoms with Gasteiger partial charge >= 0.3 is 5.97 Å². The second-order valence-electron chi connectivity index (χ2n) is 16.6. The smallest absolute Gasteiger partial charge is 0.308 e. The molecule has 61 heavy (non-hydrogen) atoms. The zero-order valence-electron chi connectivity index (χ0n) is 37.0. The van der Waals surface area contributed by atoms with Crippen molar-refractivity contribution in [1.82, 2.24) is 20.5 Å². The Morgan fingerprint density at radius 1 is 0.803 bits per heavy atom. The van der Waals surface area contributed by atoms with Crippen molar-refractivity contribution >= 4 is 56.8 Å². The fourth-order valence-corrected chi connectivity index (χ4v) is 8.17. The van der Waals surface area contributed by atoms with Crippen molar-refractivity contribution in [2.75, 3.05) is 64.2 Å². The number of rotatable bonds is 27. The summed E-state index contributed by atoms with van der Waals surface area (Å²) in [6.07, 6.45) is 8.24. The number of aryl methyl sites for hydroxylation is 1. The quantitative estimate of drug-likeness (QED) is 0.0558. The van der Waals surface area contributed by atoms with Gasteiger partial charge in [0.1, 0.15) is 17.8 Å². The van der Waals surface area contributed by atoms with Gasteiger partial charge in [-0.3, -0.25) is 24.0 Å². The lowest BCUT2D eigenvalue weighted by Gasteiger charge is -2.28. The third-order valence-electron chi connectivity index (χ3n) is 10.5. The number of nitrogens with zero attached hydrogens (tertiary/aromatic N) is 2.